The molecule has 0 saturated carbocycles. The lowest BCUT2D eigenvalue weighted by Gasteiger charge is -2.27. The second-order valence-electron chi connectivity index (χ2n) is 7.90. The first-order valence-electron chi connectivity index (χ1n) is 10.5. The summed E-state index contributed by atoms with van der Waals surface area (Å²) < 4.78 is 14.7. The Morgan fingerprint density at radius 1 is 0.818 bits per heavy atom. The number of nitrogens with one attached hydrogen (secondary N) is 1. The van der Waals surface area contributed by atoms with E-state index in [-0.39, 0.29) is 11.7 Å². The topological polar surface area (TPSA) is 42.0 Å². The second kappa shape index (κ2) is 10.2. The Hall–Kier alpha value is -3.09. The van der Waals surface area contributed by atoms with Crippen LogP contribution >= 0.6 is 23.5 Å². The van der Waals surface area contributed by atoms with Gasteiger partial charge < -0.3 is 5.32 Å². The lowest BCUT2D eigenvalue weighted by atomic mass is 9.99. The molecule has 1 heterocycles. The second-order valence-corrected chi connectivity index (χ2v) is 10.1. The van der Waals surface area contributed by atoms with Crippen LogP contribution in [0.4, 0.5) is 4.39 Å². The summed E-state index contributed by atoms with van der Waals surface area (Å²) in [5, 5.41) is 3.11. The van der Waals surface area contributed by atoms with Gasteiger partial charge in [0.15, 0.2) is 0 Å². The molecule has 1 amide bonds. The van der Waals surface area contributed by atoms with Gasteiger partial charge in [-0.1, -0.05) is 66.0 Å². The third-order valence-electron chi connectivity index (χ3n) is 4.93. The minimum Gasteiger partial charge on any atom is -0.341 e. The summed E-state index contributed by atoms with van der Waals surface area (Å²) in [4.78, 5) is 21.1. The van der Waals surface area contributed by atoms with Crippen molar-refractivity contribution in [3.05, 3.63) is 114 Å². The first-order chi connectivity index (χ1) is 15.9. The maximum absolute atomic E-state index is 14.7. The van der Waals surface area contributed by atoms with E-state index in [2.05, 4.69) is 10.3 Å². The van der Waals surface area contributed by atoms with Crippen LogP contribution in [0.15, 0.2) is 117 Å². The van der Waals surface area contributed by atoms with Crippen LogP contribution in [0.1, 0.15) is 29.9 Å². The highest BCUT2D eigenvalue weighted by atomic mass is 32.2. The van der Waals surface area contributed by atoms with Crippen molar-refractivity contribution in [2.45, 2.75) is 39.0 Å². The molecule has 0 saturated heterocycles. The highest BCUT2D eigenvalue weighted by Gasteiger charge is 2.28. The van der Waals surface area contributed by atoms with Crippen LogP contribution in [0.5, 0.6) is 0 Å². The van der Waals surface area contributed by atoms with E-state index in [0.717, 1.165) is 15.5 Å². The molecule has 0 atom stereocenters. The van der Waals surface area contributed by atoms with E-state index in [9.17, 15) is 9.18 Å². The normalized spacial score (nSPS) is 11.2. The molecule has 4 aromatic rings. The molecule has 6 heteroatoms. The Balaban J connectivity index is 1.76. The summed E-state index contributed by atoms with van der Waals surface area (Å²) in [6.45, 7) is 3.82. The molecule has 0 aliphatic heterocycles. The van der Waals surface area contributed by atoms with Gasteiger partial charge in [0.1, 0.15) is 5.82 Å². The number of rotatable bonds is 7. The number of halogens is 1. The van der Waals surface area contributed by atoms with Crippen molar-refractivity contribution in [1.82, 2.24) is 10.3 Å². The van der Waals surface area contributed by atoms with E-state index in [1.54, 1.807) is 6.20 Å². The van der Waals surface area contributed by atoms with Crippen molar-refractivity contribution in [2.75, 3.05) is 0 Å². The predicted octanol–water partition coefficient (Wildman–Crippen LogP) is 7.19. The van der Waals surface area contributed by atoms with Crippen molar-refractivity contribution in [1.29, 1.82) is 0 Å². The molecule has 3 nitrogen and oxygen atoms in total. The molecule has 0 aliphatic rings. The van der Waals surface area contributed by atoms with E-state index in [1.807, 2.05) is 92.7 Å². The van der Waals surface area contributed by atoms with Gasteiger partial charge in [0.2, 0.25) is 0 Å². The van der Waals surface area contributed by atoms with Gasteiger partial charge in [-0.15, -0.1) is 0 Å². The highest BCUT2D eigenvalue weighted by molar-refractivity contribution is 8.00. The minimum atomic E-state index is -0.712. The third-order valence-corrected chi connectivity index (χ3v) is 7.03. The number of hydrogen-bond donors (Lipinski definition) is 1. The Labute approximate surface area is 201 Å². The molecule has 0 spiro atoms. The van der Waals surface area contributed by atoms with Crippen LogP contribution in [0, 0.1) is 5.82 Å². The van der Waals surface area contributed by atoms with Crippen LogP contribution < -0.4 is 5.32 Å². The molecule has 33 heavy (non-hydrogen) atoms. The Kier molecular flexibility index (Phi) is 7.16. The van der Waals surface area contributed by atoms with E-state index in [1.165, 1.54) is 35.7 Å². The highest BCUT2D eigenvalue weighted by Crippen LogP contribution is 2.39. The molecule has 3 aromatic carbocycles. The third kappa shape index (κ3) is 5.83. The average molecular weight is 475 g/mol. The zero-order valence-corrected chi connectivity index (χ0v) is 19.9. The number of aromatic nitrogens is 1. The fourth-order valence-electron chi connectivity index (χ4n) is 3.32. The van der Waals surface area contributed by atoms with Crippen LogP contribution in [0.2, 0.25) is 0 Å². The number of carbonyl (C=O) groups is 1. The molecule has 166 valence electrons. The molecule has 1 N–H and O–H groups in total. The van der Waals surface area contributed by atoms with Gasteiger partial charge >= 0.3 is 0 Å². The molecule has 0 fully saturated rings. The average Bonchev–Trinajstić information content (AvgIpc) is 2.80. The van der Waals surface area contributed by atoms with Gasteiger partial charge in [0.05, 0.1) is 16.8 Å². The van der Waals surface area contributed by atoms with Gasteiger partial charge in [0.25, 0.3) is 5.91 Å². The van der Waals surface area contributed by atoms with Gasteiger partial charge in [0, 0.05) is 25.8 Å². The Morgan fingerprint density at radius 3 is 1.82 bits per heavy atom. The van der Waals surface area contributed by atoms with Crippen molar-refractivity contribution >= 4 is 29.4 Å². The van der Waals surface area contributed by atoms with Gasteiger partial charge in [-0.05, 0) is 62.4 Å². The number of amides is 1. The smallest absolute Gasteiger partial charge is 0.254 e. The quantitative estimate of drug-likeness (QED) is 0.308. The zero-order chi connectivity index (χ0) is 23.3. The molecule has 1 aromatic heterocycles. The maximum atomic E-state index is 14.7. The lowest BCUT2D eigenvalue weighted by molar-refractivity contribution is 0.0904. The largest absolute Gasteiger partial charge is 0.341 e. The SMILES string of the molecule is CC(C)(NC(=O)c1c(Sc2ccccc2)cc(F)cc1Sc1ccccc1)c1ccccn1. The fourth-order valence-corrected chi connectivity index (χ4v) is 5.43. The molecular formula is C27H23FN2OS2. The number of carbonyl (C=O) groups excluding carboxylic acids is 1. The van der Waals surface area contributed by atoms with E-state index in [0.29, 0.717) is 15.4 Å². The first-order valence-corrected chi connectivity index (χ1v) is 12.1. The molecule has 0 unspecified atom stereocenters. The van der Waals surface area contributed by atoms with E-state index in [4.69, 9.17) is 0 Å². The van der Waals surface area contributed by atoms with Crippen molar-refractivity contribution < 1.29 is 9.18 Å². The predicted molar refractivity (Wildman–Crippen MR) is 132 cm³/mol. The van der Waals surface area contributed by atoms with Crippen molar-refractivity contribution in [2.24, 2.45) is 0 Å². The Morgan fingerprint density at radius 2 is 1.33 bits per heavy atom. The molecule has 0 radical (unpaired) electrons. The van der Waals surface area contributed by atoms with Gasteiger partial charge in [-0.2, -0.15) is 0 Å². The lowest BCUT2D eigenvalue weighted by Crippen LogP contribution is -2.42. The van der Waals surface area contributed by atoms with Crippen LogP contribution in [-0.4, -0.2) is 10.9 Å². The van der Waals surface area contributed by atoms with Gasteiger partial charge in [-0.25, -0.2) is 4.39 Å². The fraction of sp³-hybridized carbons (Fsp3) is 0.111. The van der Waals surface area contributed by atoms with E-state index >= 15 is 0 Å². The molecule has 0 aliphatic carbocycles. The summed E-state index contributed by atoms with van der Waals surface area (Å²) in [5.41, 5.74) is 0.480. The zero-order valence-electron chi connectivity index (χ0n) is 18.3. The summed E-state index contributed by atoms with van der Waals surface area (Å²) in [7, 11) is 0. The summed E-state index contributed by atoms with van der Waals surface area (Å²) in [6, 6.07) is 27.8. The minimum absolute atomic E-state index is 0.275. The van der Waals surface area contributed by atoms with Gasteiger partial charge in [-0.3, -0.25) is 9.78 Å². The number of nitrogens with zero attached hydrogens (tertiary/aromatic N) is 1. The first kappa shape index (κ1) is 23.1. The monoisotopic (exact) mass is 474 g/mol. The summed E-state index contributed by atoms with van der Waals surface area (Å²) >= 11 is 2.75. The number of benzene rings is 3. The number of hydrogen-bond acceptors (Lipinski definition) is 4. The van der Waals surface area contributed by atoms with Crippen molar-refractivity contribution in [3.63, 3.8) is 0 Å². The molecular weight excluding hydrogens is 451 g/mol. The standard InChI is InChI=1S/C27H23FN2OS2/c1-27(2,24-15-9-10-16-29-24)30-26(31)25-22(32-20-11-5-3-6-12-20)17-19(28)18-23(25)33-21-13-7-4-8-14-21/h3-18H,1-2H3,(H,30,31). The Bertz CT molecular complexity index is 1170. The van der Waals surface area contributed by atoms with Crippen LogP contribution in [0.3, 0.4) is 0 Å². The van der Waals surface area contributed by atoms with E-state index < -0.39 is 5.54 Å². The summed E-state index contributed by atoms with van der Waals surface area (Å²) in [5.74, 6) is -0.657. The molecule has 0 bridgehead atoms. The van der Waals surface area contributed by atoms with Crippen LogP contribution in [-0.2, 0) is 5.54 Å². The summed E-state index contributed by atoms with van der Waals surface area (Å²) in [6.07, 6.45) is 1.70. The number of pyridine rings is 1. The molecule has 4 rings (SSSR count). The van der Waals surface area contributed by atoms with Crippen LogP contribution in [0.25, 0.3) is 0 Å². The maximum Gasteiger partial charge on any atom is 0.254 e. The van der Waals surface area contributed by atoms with Crippen molar-refractivity contribution in [3.8, 4) is 0 Å².